The smallest absolute Gasteiger partial charge is 0.255 e. The minimum absolute atomic E-state index is 0.140. The van der Waals surface area contributed by atoms with Crippen molar-refractivity contribution in [2.75, 3.05) is 11.6 Å². The van der Waals surface area contributed by atoms with Crippen LogP contribution in [0.3, 0.4) is 0 Å². The van der Waals surface area contributed by atoms with Crippen molar-refractivity contribution in [3.63, 3.8) is 0 Å². The zero-order chi connectivity index (χ0) is 17.6. The summed E-state index contributed by atoms with van der Waals surface area (Å²) < 4.78 is 5.70. The predicted octanol–water partition coefficient (Wildman–Crippen LogP) is 5.00. The Kier molecular flexibility index (Phi) is 5.73. The Bertz CT molecular complexity index is 843. The van der Waals surface area contributed by atoms with Gasteiger partial charge in [-0.3, -0.25) is 4.79 Å². The van der Waals surface area contributed by atoms with Crippen LogP contribution < -0.4 is 10.1 Å². The maximum absolute atomic E-state index is 12.3. The Morgan fingerprint density at radius 3 is 2.48 bits per heavy atom. The number of nitrogens with zero attached hydrogens (tertiary/aromatic N) is 1. The molecule has 0 radical (unpaired) electrons. The molecule has 6 heteroatoms. The third-order valence-corrected chi connectivity index (χ3v) is 5.18. The van der Waals surface area contributed by atoms with E-state index in [2.05, 4.69) is 10.3 Å². The van der Waals surface area contributed by atoms with E-state index in [0.717, 1.165) is 21.3 Å². The summed E-state index contributed by atoms with van der Waals surface area (Å²) in [5.74, 6) is 0.577. The van der Waals surface area contributed by atoms with Crippen LogP contribution in [-0.4, -0.2) is 17.1 Å². The first-order chi connectivity index (χ1) is 12.1. The van der Waals surface area contributed by atoms with Gasteiger partial charge in [0, 0.05) is 27.2 Å². The number of hydrogen-bond donors (Lipinski definition) is 1. The molecule has 0 bridgehead atoms. The fourth-order valence-electron chi connectivity index (χ4n) is 2.19. The van der Waals surface area contributed by atoms with Crippen LogP contribution in [0.15, 0.2) is 58.8 Å². The van der Waals surface area contributed by atoms with Crippen molar-refractivity contribution in [1.29, 1.82) is 0 Å². The summed E-state index contributed by atoms with van der Waals surface area (Å²) in [6.07, 6.45) is 2.02. The van der Waals surface area contributed by atoms with Gasteiger partial charge in [0.15, 0.2) is 0 Å². The number of rotatable bonds is 6. The molecule has 1 amide bonds. The lowest BCUT2D eigenvalue weighted by atomic mass is 10.2. The molecule has 0 fully saturated rings. The van der Waals surface area contributed by atoms with E-state index in [1.807, 2.05) is 42.8 Å². The van der Waals surface area contributed by atoms with Crippen LogP contribution in [0.2, 0.25) is 0 Å². The molecule has 3 rings (SSSR count). The lowest BCUT2D eigenvalue weighted by molar-refractivity contribution is 0.102. The van der Waals surface area contributed by atoms with Crippen molar-refractivity contribution in [1.82, 2.24) is 4.98 Å². The second-order valence-corrected chi connectivity index (χ2v) is 7.20. The molecule has 128 valence electrons. The summed E-state index contributed by atoms with van der Waals surface area (Å²) in [5, 5.41) is 5.83. The number of nitrogens with one attached hydrogen (secondary N) is 1. The summed E-state index contributed by atoms with van der Waals surface area (Å²) in [7, 11) is 0. The lowest BCUT2D eigenvalue weighted by Crippen LogP contribution is -2.11. The Morgan fingerprint density at radius 2 is 1.88 bits per heavy atom. The van der Waals surface area contributed by atoms with Gasteiger partial charge in [0.2, 0.25) is 0 Å². The van der Waals surface area contributed by atoms with Gasteiger partial charge in [-0.25, -0.2) is 4.98 Å². The average molecular weight is 370 g/mol. The van der Waals surface area contributed by atoms with Crippen molar-refractivity contribution >= 4 is 34.7 Å². The van der Waals surface area contributed by atoms with Crippen LogP contribution in [-0.2, 0) is 6.61 Å². The normalized spacial score (nSPS) is 10.5. The number of thioether (sulfide) groups is 1. The van der Waals surface area contributed by atoms with Crippen molar-refractivity contribution < 1.29 is 9.53 Å². The van der Waals surface area contributed by atoms with Crippen LogP contribution in [0.25, 0.3) is 0 Å². The number of thiazole rings is 1. The number of ether oxygens (including phenoxy) is 1. The second-order valence-electron chi connectivity index (χ2n) is 5.38. The van der Waals surface area contributed by atoms with Crippen LogP contribution in [0.1, 0.15) is 21.1 Å². The van der Waals surface area contributed by atoms with Gasteiger partial charge in [0.1, 0.15) is 17.4 Å². The van der Waals surface area contributed by atoms with Crippen LogP contribution in [0.4, 0.5) is 5.69 Å². The Hall–Kier alpha value is -2.31. The first-order valence-corrected chi connectivity index (χ1v) is 9.84. The highest BCUT2D eigenvalue weighted by Gasteiger charge is 2.07. The summed E-state index contributed by atoms with van der Waals surface area (Å²) in [5.41, 5.74) is 2.37. The van der Waals surface area contributed by atoms with E-state index in [9.17, 15) is 4.79 Å². The van der Waals surface area contributed by atoms with Crippen LogP contribution in [0.5, 0.6) is 5.75 Å². The molecule has 0 unspecified atom stereocenters. The highest BCUT2D eigenvalue weighted by atomic mass is 32.2. The largest absolute Gasteiger partial charge is 0.486 e. The SMILES string of the molecule is CSc1ccc(NC(=O)c2ccc(OCc3nc(C)cs3)cc2)cc1. The van der Waals surface area contributed by atoms with E-state index in [-0.39, 0.29) is 5.91 Å². The molecular formula is C19H18N2O2S2. The fraction of sp³-hybridized carbons (Fsp3) is 0.158. The fourth-order valence-corrected chi connectivity index (χ4v) is 3.29. The number of hydrogen-bond acceptors (Lipinski definition) is 5. The number of aromatic nitrogens is 1. The zero-order valence-electron chi connectivity index (χ0n) is 14.0. The Balaban J connectivity index is 1.57. The summed E-state index contributed by atoms with van der Waals surface area (Å²) in [6.45, 7) is 2.40. The molecule has 2 aromatic carbocycles. The molecule has 0 aliphatic heterocycles. The van der Waals surface area contributed by atoms with Crippen LogP contribution >= 0.6 is 23.1 Å². The monoisotopic (exact) mass is 370 g/mol. The topological polar surface area (TPSA) is 51.2 Å². The van der Waals surface area contributed by atoms with Gasteiger partial charge >= 0.3 is 0 Å². The molecule has 0 aliphatic rings. The van der Waals surface area contributed by atoms with Gasteiger partial charge < -0.3 is 10.1 Å². The quantitative estimate of drug-likeness (QED) is 0.620. The first kappa shape index (κ1) is 17.5. The molecule has 1 aromatic heterocycles. The number of carbonyl (C=O) groups excluding carboxylic acids is 1. The molecule has 0 saturated carbocycles. The van der Waals surface area contributed by atoms with Crippen molar-refractivity contribution in [3.05, 3.63) is 70.2 Å². The van der Waals surface area contributed by atoms with Gasteiger partial charge in [0.05, 0.1) is 0 Å². The molecule has 3 aromatic rings. The predicted molar refractivity (Wildman–Crippen MR) is 104 cm³/mol. The van der Waals surface area contributed by atoms with Crippen molar-refractivity contribution in [2.24, 2.45) is 0 Å². The van der Waals surface area contributed by atoms with E-state index in [4.69, 9.17) is 4.74 Å². The number of benzene rings is 2. The highest BCUT2D eigenvalue weighted by molar-refractivity contribution is 7.98. The zero-order valence-corrected chi connectivity index (χ0v) is 15.6. The van der Waals surface area contributed by atoms with Gasteiger partial charge in [-0.2, -0.15) is 0 Å². The molecule has 0 aliphatic carbocycles. The van der Waals surface area contributed by atoms with Gasteiger partial charge in [-0.1, -0.05) is 0 Å². The van der Waals surface area contributed by atoms with Gasteiger partial charge in [0.25, 0.3) is 5.91 Å². The Morgan fingerprint density at radius 1 is 1.16 bits per heavy atom. The van der Waals surface area contributed by atoms with Crippen molar-refractivity contribution in [2.45, 2.75) is 18.4 Å². The lowest BCUT2D eigenvalue weighted by Gasteiger charge is -2.08. The molecule has 1 heterocycles. The number of carbonyl (C=O) groups is 1. The molecular weight excluding hydrogens is 352 g/mol. The third-order valence-electron chi connectivity index (χ3n) is 3.49. The molecule has 1 N–H and O–H groups in total. The highest BCUT2D eigenvalue weighted by Crippen LogP contribution is 2.19. The third kappa shape index (κ3) is 4.84. The molecule has 0 atom stereocenters. The first-order valence-electron chi connectivity index (χ1n) is 7.73. The van der Waals surface area contributed by atoms with E-state index >= 15 is 0 Å². The number of anilines is 1. The maximum Gasteiger partial charge on any atom is 0.255 e. The minimum Gasteiger partial charge on any atom is -0.486 e. The molecule has 4 nitrogen and oxygen atoms in total. The molecule has 0 spiro atoms. The minimum atomic E-state index is -0.140. The summed E-state index contributed by atoms with van der Waals surface area (Å²) >= 11 is 3.25. The van der Waals surface area contributed by atoms with E-state index < -0.39 is 0 Å². The number of aryl methyl sites for hydroxylation is 1. The van der Waals surface area contributed by atoms with Gasteiger partial charge in [-0.15, -0.1) is 23.1 Å². The summed E-state index contributed by atoms with van der Waals surface area (Å²) in [4.78, 5) is 17.8. The number of amides is 1. The van der Waals surface area contributed by atoms with E-state index in [1.165, 1.54) is 0 Å². The molecule has 0 saturated heterocycles. The summed E-state index contributed by atoms with van der Waals surface area (Å²) in [6, 6.07) is 14.9. The van der Waals surface area contributed by atoms with E-state index in [0.29, 0.717) is 17.9 Å². The van der Waals surface area contributed by atoms with Gasteiger partial charge in [-0.05, 0) is 61.7 Å². The van der Waals surface area contributed by atoms with E-state index in [1.54, 1.807) is 47.4 Å². The maximum atomic E-state index is 12.3. The average Bonchev–Trinajstić information content (AvgIpc) is 3.06. The van der Waals surface area contributed by atoms with Crippen molar-refractivity contribution in [3.8, 4) is 5.75 Å². The molecule has 25 heavy (non-hydrogen) atoms. The second kappa shape index (κ2) is 8.18. The standard InChI is InChI=1S/C19H18N2O2S2/c1-13-12-25-18(20-13)11-23-16-7-3-14(4-8-16)19(22)21-15-5-9-17(24-2)10-6-15/h3-10,12H,11H2,1-2H3,(H,21,22). The van der Waals surface area contributed by atoms with Crippen LogP contribution in [0, 0.1) is 6.92 Å². The Labute approximate surface area is 155 Å².